The molecule has 0 saturated carbocycles. The first kappa shape index (κ1) is 18.3. The van der Waals surface area contributed by atoms with Crippen LogP contribution in [0.3, 0.4) is 0 Å². The first-order chi connectivity index (χ1) is 13.4. The highest BCUT2D eigenvalue weighted by atomic mass is 32.1. The standard InChI is InChI=1S/C19H19N3O5S/c1-11(2)20-16(23)9-21-13-5-6-28-17(13)18(24)22(19(21)25)8-12-3-4-14-15(7-12)27-10-26-14/h3-7,11H,8-10H2,1-2H3,(H,20,23). The molecule has 146 valence electrons. The number of benzene rings is 1. The number of thiophene rings is 1. The molecule has 0 spiro atoms. The lowest BCUT2D eigenvalue weighted by atomic mass is 10.2. The van der Waals surface area contributed by atoms with Gasteiger partial charge in [-0.3, -0.25) is 18.7 Å². The van der Waals surface area contributed by atoms with E-state index in [0.29, 0.717) is 21.7 Å². The van der Waals surface area contributed by atoms with E-state index in [1.54, 1.807) is 29.6 Å². The Morgan fingerprint density at radius 3 is 2.75 bits per heavy atom. The van der Waals surface area contributed by atoms with Crippen LogP contribution in [0.15, 0.2) is 39.2 Å². The predicted molar refractivity (Wildman–Crippen MR) is 105 cm³/mol. The lowest BCUT2D eigenvalue weighted by Gasteiger charge is -2.14. The zero-order valence-electron chi connectivity index (χ0n) is 15.4. The van der Waals surface area contributed by atoms with Crippen molar-refractivity contribution in [3.8, 4) is 11.5 Å². The fraction of sp³-hybridized carbons (Fsp3) is 0.316. The van der Waals surface area contributed by atoms with Crippen molar-refractivity contribution in [2.45, 2.75) is 33.0 Å². The summed E-state index contributed by atoms with van der Waals surface area (Å²) in [4.78, 5) is 38.2. The van der Waals surface area contributed by atoms with E-state index in [-0.39, 0.29) is 37.4 Å². The lowest BCUT2D eigenvalue weighted by Crippen LogP contribution is -2.43. The first-order valence-electron chi connectivity index (χ1n) is 8.83. The van der Waals surface area contributed by atoms with Crippen molar-refractivity contribution in [1.82, 2.24) is 14.5 Å². The van der Waals surface area contributed by atoms with E-state index in [1.165, 1.54) is 15.9 Å². The van der Waals surface area contributed by atoms with E-state index in [4.69, 9.17) is 9.47 Å². The summed E-state index contributed by atoms with van der Waals surface area (Å²) in [6.45, 7) is 3.78. The summed E-state index contributed by atoms with van der Waals surface area (Å²) in [5, 5.41) is 4.52. The van der Waals surface area contributed by atoms with Gasteiger partial charge in [-0.1, -0.05) is 6.07 Å². The number of fused-ring (bicyclic) bond motifs is 2. The van der Waals surface area contributed by atoms with Gasteiger partial charge in [-0.25, -0.2) is 4.79 Å². The molecule has 0 fully saturated rings. The largest absolute Gasteiger partial charge is 0.454 e. The molecule has 0 saturated heterocycles. The van der Waals surface area contributed by atoms with Crippen molar-refractivity contribution in [2.24, 2.45) is 0 Å². The van der Waals surface area contributed by atoms with Crippen LogP contribution in [-0.4, -0.2) is 27.9 Å². The Morgan fingerprint density at radius 2 is 1.96 bits per heavy atom. The summed E-state index contributed by atoms with van der Waals surface area (Å²) in [6, 6.07) is 6.94. The molecule has 1 aliphatic heterocycles. The molecule has 9 heteroatoms. The number of hydrogen-bond acceptors (Lipinski definition) is 6. The number of ether oxygens (including phenoxy) is 2. The van der Waals surface area contributed by atoms with E-state index < -0.39 is 5.69 Å². The minimum atomic E-state index is -0.521. The molecule has 3 heterocycles. The van der Waals surface area contributed by atoms with Gasteiger partial charge in [0.1, 0.15) is 11.2 Å². The number of nitrogens with zero attached hydrogens (tertiary/aromatic N) is 2. The van der Waals surface area contributed by atoms with Crippen molar-refractivity contribution in [1.29, 1.82) is 0 Å². The van der Waals surface area contributed by atoms with E-state index in [2.05, 4.69) is 5.32 Å². The van der Waals surface area contributed by atoms with Gasteiger partial charge in [-0.05, 0) is 43.0 Å². The second-order valence-electron chi connectivity index (χ2n) is 6.80. The van der Waals surface area contributed by atoms with Crippen molar-refractivity contribution < 1.29 is 14.3 Å². The average molecular weight is 401 g/mol. The maximum atomic E-state index is 13.1. The maximum absolute atomic E-state index is 13.1. The van der Waals surface area contributed by atoms with Crippen molar-refractivity contribution in [3.63, 3.8) is 0 Å². The van der Waals surface area contributed by atoms with Crippen LogP contribution in [0, 0.1) is 0 Å². The third-order valence-corrected chi connectivity index (χ3v) is 5.26. The maximum Gasteiger partial charge on any atom is 0.332 e. The molecule has 0 unspecified atom stereocenters. The van der Waals surface area contributed by atoms with Crippen LogP contribution in [0.2, 0.25) is 0 Å². The molecule has 0 atom stereocenters. The number of hydrogen-bond donors (Lipinski definition) is 1. The number of amides is 1. The summed E-state index contributed by atoms with van der Waals surface area (Å²) in [5.74, 6) is 0.935. The number of nitrogens with one attached hydrogen (secondary N) is 1. The van der Waals surface area contributed by atoms with E-state index >= 15 is 0 Å². The van der Waals surface area contributed by atoms with Gasteiger partial charge in [0.05, 0.1) is 12.1 Å². The van der Waals surface area contributed by atoms with E-state index in [0.717, 1.165) is 10.1 Å². The van der Waals surface area contributed by atoms with Gasteiger partial charge in [0.25, 0.3) is 5.56 Å². The monoisotopic (exact) mass is 401 g/mol. The molecule has 0 aliphatic carbocycles. The summed E-state index contributed by atoms with van der Waals surface area (Å²) >= 11 is 1.25. The predicted octanol–water partition coefficient (Wildman–Crippen LogP) is 1.53. The summed E-state index contributed by atoms with van der Waals surface area (Å²) < 4.78 is 13.6. The summed E-state index contributed by atoms with van der Waals surface area (Å²) in [5.41, 5.74) is 0.319. The zero-order valence-corrected chi connectivity index (χ0v) is 16.2. The fourth-order valence-corrected chi connectivity index (χ4v) is 4.00. The van der Waals surface area contributed by atoms with Crippen LogP contribution in [0.25, 0.3) is 10.2 Å². The van der Waals surface area contributed by atoms with Gasteiger partial charge in [0, 0.05) is 6.04 Å². The molecule has 1 aliphatic rings. The minimum absolute atomic E-state index is 0.0410. The number of carbonyl (C=O) groups is 1. The van der Waals surface area contributed by atoms with Crippen LogP contribution in [0.1, 0.15) is 19.4 Å². The summed E-state index contributed by atoms with van der Waals surface area (Å²) in [6.07, 6.45) is 0. The highest BCUT2D eigenvalue weighted by Crippen LogP contribution is 2.32. The van der Waals surface area contributed by atoms with Crippen LogP contribution < -0.4 is 26.0 Å². The molecular weight excluding hydrogens is 382 g/mol. The molecule has 8 nitrogen and oxygen atoms in total. The second kappa shape index (κ2) is 7.16. The molecule has 0 bridgehead atoms. The fourth-order valence-electron chi connectivity index (χ4n) is 3.16. The highest BCUT2D eigenvalue weighted by Gasteiger charge is 2.18. The van der Waals surface area contributed by atoms with Crippen molar-refractivity contribution in [2.75, 3.05) is 6.79 Å². The molecule has 2 aromatic heterocycles. The van der Waals surface area contributed by atoms with Crippen LogP contribution in [-0.2, 0) is 17.9 Å². The number of aromatic nitrogens is 2. The minimum Gasteiger partial charge on any atom is -0.454 e. The molecule has 3 aromatic rings. The van der Waals surface area contributed by atoms with Gasteiger partial charge in [0.2, 0.25) is 12.7 Å². The Kier molecular flexibility index (Phi) is 4.68. The Morgan fingerprint density at radius 1 is 1.18 bits per heavy atom. The molecule has 0 radical (unpaired) electrons. The van der Waals surface area contributed by atoms with Gasteiger partial charge in [0.15, 0.2) is 11.5 Å². The Hall–Kier alpha value is -3.07. The SMILES string of the molecule is CC(C)NC(=O)Cn1c(=O)n(Cc2ccc3c(c2)OCO3)c(=O)c2sccc21. The average Bonchev–Trinajstić information content (AvgIpc) is 3.30. The number of carbonyl (C=O) groups excluding carboxylic acids is 1. The van der Waals surface area contributed by atoms with Crippen LogP contribution in [0.4, 0.5) is 0 Å². The normalized spacial score (nSPS) is 12.7. The highest BCUT2D eigenvalue weighted by molar-refractivity contribution is 7.17. The quantitative estimate of drug-likeness (QED) is 0.700. The zero-order chi connectivity index (χ0) is 19.8. The second-order valence-corrected chi connectivity index (χ2v) is 7.72. The molecular formula is C19H19N3O5S. The van der Waals surface area contributed by atoms with Gasteiger partial charge >= 0.3 is 5.69 Å². The van der Waals surface area contributed by atoms with Crippen LogP contribution in [0.5, 0.6) is 11.5 Å². The third kappa shape index (κ3) is 3.29. The Bertz CT molecular complexity index is 1170. The number of rotatable bonds is 5. The summed E-state index contributed by atoms with van der Waals surface area (Å²) in [7, 11) is 0. The lowest BCUT2D eigenvalue weighted by molar-refractivity contribution is -0.122. The van der Waals surface area contributed by atoms with Crippen molar-refractivity contribution >= 4 is 27.5 Å². The molecule has 4 rings (SSSR count). The topological polar surface area (TPSA) is 91.6 Å². The molecule has 1 aromatic carbocycles. The first-order valence-corrected chi connectivity index (χ1v) is 9.70. The molecule has 1 amide bonds. The van der Waals surface area contributed by atoms with Gasteiger partial charge in [-0.15, -0.1) is 11.3 Å². The molecule has 1 N–H and O–H groups in total. The van der Waals surface area contributed by atoms with E-state index in [1.807, 2.05) is 13.8 Å². The Balaban J connectivity index is 1.77. The van der Waals surface area contributed by atoms with Crippen molar-refractivity contribution in [3.05, 3.63) is 56.0 Å². The van der Waals surface area contributed by atoms with E-state index in [9.17, 15) is 14.4 Å². The molecule has 28 heavy (non-hydrogen) atoms. The van der Waals surface area contributed by atoms with Gasteiger partial charge < -0.3 is 14.8 Å². The van der Waals surface area contributed by atoms with Gasteiger partial charge in [-0.2, -0.15) is 0 Å². The van der Waals surface area contributed by atoms with Crippen LogP contribution >= 0.6 is 11.3 Å². The third-order valence-electron chi connectivity index (χ3n) is 4.37. The smallest absolute Gasteiger partial charge is 0.332 e. The Labute approximate surface area is 163 Å².